The molecular formula is C14H12N2O. The van der Waals surface area contributed by atoms with Gasteiger partial charge < -0.3 is 5.32 Å². The van der Waals surface area contributed by atoms with Crippen LogP contribution in [0.1, 0.15) is 15.9 Å². The lowest BCUT2D eigenvalue weighted by atomic mass is 10.0. The van der Waals surface area contributed by atoms with E-state index in [2.05, 4.69) is 22.4 Å². The van der Waals surface area contributed by atoms with Gasteiger partial charge in [-0.3, -0.25) is 9.78 Å². The highest BCUT2D eigenvalue weighted by molar-refractivity contribution is 5.80. The molecule has 3 nitrogen and oxygen atoms in total. The molecule has 0 amide bonds. The molecule has 0 radical (unpaired) electrons. The topological polar surface area (TPSA) is 42.0 Å². The quantitative estimate of drug-likeness (QED) is 0.797. The summed E-state index contributed by atoms with van der Waals surface area (Å²) in [4.78, 5) is 15.1. The number of hydrogen-bond donors (Lipinski definition) is 1. The number of nitrogens with one attached hydrogen (secondary N) is 1. The number of fused-ring (bicyclic) bond motifs is 1. The van der Waals surface area contributed by atoms with Gasteiger partial charge in [0.25, 0.3) is 0 Å². The van der Waals surface area contributed by atoms with E-state index in [0.29, 0.717) is 5.56 Å². The highest BCUT2D eigenvalue weighted by Gasteiger charge is 2.15. The minimum atomic E-state index is 0.665. The molecule has 2 heterocycles. The Bertz CT molecular complexity index is 578. The van der Waals surface area contributed by atoms with E-state index < -0.39 is 0 Å². The maximum absolute atomic E-state index is 10.8. The SMILES string of the molecule is O=Cc1ccnc(-c2cccc3c2CCN3)c1. The number of hydrogen-bond acceptors (Lipinski definition) is 3. The monoisotopic (exact) mass is 224 g/mol. The van der Waals surface area contributed by atoms with Gasteiger partial charge in [-0.25, -0.2) is 0 Å². The molecule has 0 unspecified atom stereocenters. The lowest BCUT2D eigenvalue weighted by Crippen LogP contribution is -1.91. The molecular weight excluding hydrogens is 212 g/mol. The molecule has 3 heteroatoms. The van der Waals surface area contributed by atoms with Gasteiger partial charge in [-0.05, 0) is 30.2 Å². The Kier molecular flexibility index (Phi) is 2.37. The van der Waals surface area contributed by atoms with Gasteiger partial charge in [-0.15, -0.1) is 0 Å². The summed E-state index contributed by atoms with van der Waals surface area (Å²) in [6.07, 6.45) is 3.55. The fourth-order valence-electron chi connectivity index (χ4n) is 2.25. The lowest BCUT2D eigenvalue weighted by Gasteiger charge is -2.07. The van der Waals surface area contributed by atoms with Gasteiger partial charge in [-0.2, -0.15) is 0 Å². The van der Waals surface area contributed by atoms with Gasteiger partial charge in [0.1, 0.15) is 6.29 Å². The summed E-state index contributed by atoms with van der Waals surface area (Å²) in [5.41, 5.74) is 5.13. The second-order valence-corrected chi connectivity index (χ2v) is 4.10. The zero-order chi connectivity index (χ0) is 11.7. The number of aromatic nitrogens is 1. The van der Waals surface area contributed by atoms with Crippen LogP contribution in [0.5, 0.6) is 0 Å². The second kappa shape index (κ2) is 4.01. The maximum Gasteiger partial charge on any atom is 0.150 e. The van der Waals surface area contributed by atoms with Crippen molar-refractivity contribution in [1.82, 2.24) is 4.98 Å². The number of aldehydes is 1. The Morgan fingerprint density at radius 1 is 1.29 bits per heavy atom. The third kappa shape index (κ3) is 1.69. The van der Waals surface area contributed by atoms with E-state index >= 15 is 0 Å². The molecule has 17 heavy (non-hydrogen) atoms. The van der Waals surface area contributed by atoms with Crippen LogP contribution in [-0.2, 0) is 6.42 Å². The van der Waals surface area contributed by atoms with E-state index in [9.17, 15) is 4.79 Å². The number of anilines is 1. The van der Waals surface area contributed by atoms with E-state index in [0.717, 1.165) is 30.5 Å². The van der Waals surface area contributed by atoms with Gasteiger partial charge in [0.05, 0.1) is 5.69 Å². The number of nitrogens with zero attached hydrogens (tertiary/aromatic N) is 1. The van der Waals surface area contributed by atoms with Crippen molar-refractivity contribution in [2.24, 2.45) is 0 Å². The first kappa shape index (κ1) is 10.0. The smallest absolute Gasteiger partial charge is 0.150 e. The highest BCUT2D eigenvalue weighted by Crippen LogP contribution is 2.31. The highest BCUT2D eigenvalue weighted by atomic mass is 16.1. The maximum atomic E-state index is 10.8. The van der Waals surface area contributed by atoms with E-state index in [1.54, 1.807) is 12.3 Å². The Morgan fingerprint density at radius 3 is 3.12 bits per heavy atom. The van der Waals surface area contributed by atoms with Crippen molar-refractivity contribution in [3.8, 4) is 11.3 Å². The van der Waals surface area contributed by atoms with E-state index in [-0.39, 0.29) is 0 Å². The predicted octanol–water partition coefficient (Wildman–Crippen LogP) is 2.53. The first-order chi connectivity index (χ1) is 8.38. The Morgan fingerprint density at radius 2 is 2.24 bits per heavy atom. The lowest BCUT2D eigenvalue weighted by molar-refractivity contribution is 0.112. The minimum Gasteiger partial charge on any atom is -0.384 e. The van der Waals surface area contributed by atoms with Crippen molar-refractivity contribution in [3.63, 3.8) is 0 Å². The number of carbonyl (C=O) groups is 1. The van der Waals surface area contributed by atoms with Crippen molar-refractivity contribution in [1.29, 1.82) is 0 Å². The van der Waals surface area contributed by atoms with Gasteiger partial charge in [0.15, 0.2) is 0 Å². The van der Waals surface area contributed by atoms with Crippen molar-refractivity contribution < 1.29 is 4.79 Å². The van der Waals surface area contributed by atoms with Gasteiger partial charge in [0.2, 0.25) is 0 Å². The molecule has 1 aromatic heterocycles. The molecule has 0 aliphatic carbocycles. The van der Waals surface area contributed by atoms with Crippen molar-refractivity contribution >= 4 is 12.0 Å². The van der Waals surface area contributed by atoms with Gasteiger partial charge >= 0.3 is 0 Å². The molecule has 84 valence electrons. The third-order valence-electron chi connectivity index (χ3n) is 3.06. The summed E-state index contributed by atoms with van der Waals surface area (Å²) in [5, 5.41) is 3.34. The molecule has 0 saturated carbocycles. The van der Waals surface area contributed by atoms with Crippen LogP contribution < -0.4 is 5.32 Å². The molecule has 1 aromatic carbocycles. The third-order valence-corrected chi connectivity index (χ3v) is 3.06. The number of pyridine rings is 1. The fraction of sp³-hybridized carbons (Fsp3) is 0.143. The normalized spacial score (nSPS) is 12.9. The number of rotatable bonds is 2. The minimum absolute atomic E-state index is 0.665. The van der Waals surface area contributed by atoms with E-state index in [4.69, 9.17) is 0 Å². The van der Waals surface area contributed by atoms with Crippen LogP contribution in [0.3, 0.4) is 0 Å². The molecule has 2 aromatic rings. The summed E-state index contributed by atoms with van der Waals surface area (Å²) >= 11 is 0. The summed E-state index contributed by atoms with van der Waals surface area (Å²) in [6, 6.07) is 9.71. The number of benzene rings is 1. The van der Waals surface area contributed by atoms with Crippen LogP contribution in [0.25, 0.3) is 11.3 Å². The van der Waals surface area contributed by atoms with Crippen LogP contribution >= 0.6 is 0 Å². The molecule has 1 aliphatic rings. The largest absolute Gasteiger partial charge is 0.384 e. The molecule has 0 fully saturated rings. The molecule has 0 spiro atoms. The Labute approximate surface area is 99.5 Å². The summed E-state index contributed by atoms with van der Waals surface area (Å²) in [5.74, 6) is 0. The van der Waals surface area contributed by atoms with Crippen LogP contribution in [0, 0.1) is 0 Å². The zero-order valence-corrected chi connectivity index (χ0v) is 9.31. The fourth-order valence-corrected chi connectivity index (χ4v) is 2.25. The first-order valence-electron chi connectivity index (χ1n) is 5.66. The Balaban J connectivity index is 2.15. The van der Waals surface area contributed by atoms with E-state index in [1.807, 2.05) is 12.1 Å². The molecule has 0 saturated heterocycles. The number of carbonyl (C=O) groups excluding carboxylic acids is 1. The van der Waals surface area contributed by atoms with Gasteiger partial charge in [0, 0.05) is 29.6 Å². The molecule has 3 rings (SSSR count). The summed E-state index contributed by atoms with van der Waals surface area (Å²) in [6.45, 7) is 0.972. The van der Waals surface area contributed by atoms with Crippen LogP contribution in [-0.4, -0.2) is 17.8 Å². The predicted molar refractivity (Wildman–Crippen MR) is 67.3 cm³/mol. The molecule has 0 atom stereocenters. The molecule has 0 bridgehead atoms. The van der Waals surface area contributed by atoms with Crippen molar-refractivity contribution in [3.05, 3.63) is 47.7 Å². The van der Waals surface area contributed by atoms with Gasteiger partial charge in [-0.1, -0.05) is 12.1 Å². The molecule has 1 aliphatic heterocycles. The van der Waals surface area contributed by atoms with Crippen LogP contribution in [0.15, 0.2) is 36.5 Å². The summed E-state index contributed by atoms with van der Waals surface area (Å²) in [7, 11) is 0. The Hall–Kier alpha value is -2.16. The van der Waals surface area contributed by atoms with Crippen LogP contribution in [0.2, 0.25) is 0 Å². The molecule has 1 N–H and O–H groups in total. The average molecular weight is 224 g/mol. The van der Waals surface area contributed by atoms with Crippen LogP contribution in [0.4, 0.5) is 5.69 Å². The standard InChI is InChI=1S/C14H12N2O/c17-9-10-4-6-16-14(8-10)11-2-1-3-13-12(11)5-7-15-13/h1-4,6,8-9,15H,5,7H2. The average Bonchev–Trinajstić information content (AvgIpc) is 2.87. The second-order valence-electron chi connectivity index (χ2n) is 4.10. The van der Waals surface area contributed by atoms with Crippen molar-refractivity contribution in [2.75, 3.05) is 11.9 Å². The zero-order valence-electron chi connectivity index (χ0n) is 9.31. The van der Waals surface area contributed by atoms with E-state index in [1.165, 1.54) is 11.3 Å². The summed E-state index contributed by atoms with van der Waals surface area (Å²) < 4.78 is 0. The van der Waals surface area contributed by atoms with Crippen molar-refractivity contribution in [2.45, 2.75) is 6.42 Å². The first-order valence-corrected chi connectivity index (χ1v) is 5.66.